The van der Waals surface area contributed by atoms with Gasteiger partial charge in [-0.05, 0) is 63.9 Å². The lowest BCUT2D eigenvalue weighted by atomic mass is 10.1. The lowest BCUT2D eigenvalue weighted by Crippen LogP contribution is -2.35. The summed E-state index contributed by atoms with van der Waals surface area (Å²) in [5, 5.41) is 7.20. The quantitative estimate of drug-likeness (QED) is 0.586. The molecule has 6 heteroatoms. The van der Waals surface area contributed by atoms with Crippen LogP contribution in [-0.4, -0.2) is 35.2 Å². The fraction of sp³-hybridized carbons (Fsp3) is 0.417. The number of hydrogen-bond donors (Lipinski definition) is 2. The van der Waals surface area contributed by atoms with E-state index in [-0.39, 0.29) is 17.5 Å². The van der Waals surface area contributed by atoms with Crippen molar-refractivity contribution in [2.24, 2.45) is 0 Å². The number of fused-ring (bicyclic) bond motifs is 1. The molecule has 1 aromatic carbocycles. The molecule has 2 heterocycles. The number of rotatable bonds is 7. The van der Waals surface area contributed by atoms with Gasteiger partial charge in [-0.15, -0.1) is 0 Å². The van der Waals surface area contributed by atoms with Gasteiger partial charge in [0.05, 0.1) is 12.2 Å². The standard InChI is InChI=1S/C24H32N4O2/c1-7-17-8-10-18(11-9-17)26-21-13-12-19-20(23(29)25-16(2)15-30-6)14-28(22(19)27-21)24(3,4)5/h8-14,16H,7,15H2,1-6H3,(H,25,29)(H,26,27)/t16-/m1/s1. The molecule has 0 saturated heterocycles. The number of carbonyl (C=O) groups excluding carboxylic acids is 1. The van der Waals surface area contributed by atoms with Crippen molar-refractivity contribution in [3.63, 3.8) is 0 Å². The van der Waals surface area contributed by atoms with Crippen LogP contribution >= 0.6 is 0 Å². The minimum Gasteiger partial charge on any atom is -0.383 e. The monoisotopic (exact) mass is 408 g/mol. The molecule has 0 aliphatic carbocycles. The highest BCUT2D eigenvalue weighted by atomic mass is 16.5. The van der Waals surface area contributed by atoms with Crippen LogP contribution in [0.4, 0.5) is 11.5 Å². The van der Waals surface area contributed by atoms with Crippen molar-refractivity contribution in [2.75, 3.05) is 19.0 Å². The minimum absolute atomic E-state index is 0.0736. The number of methoxy groups -OCH3 is 1. The number of aromatic nitrogens is 2. The average molecular weight is 409 g/mol. The van der Waals surface area contributed by atoms with E-state index in [0.717, 1.165) is 29.0 Å². The molecule has 30 heavy (non-hydrogen) atoms. The molecule has 3 aromatic rings. The van der Waals surface area contributed by atoms with E-state index >= 15 is 0 Å². The Morgan fingerprint density at radius 3 is 2.47 bits per heavy atom. The summed E-state index contributed by atoms with van der Waals surface area (Å²) in [5.74, 6) is 0.625. The van der Waals surface area contributed by atoms with Crippen LogP contribution in [0.25, 0.3) is 11.0 Å². The fourth-order valence-corrected chi connectivity index (χ4v) is 3.43. The van der Waals surface area contributed by atoms with Crippen LogP contribution in [0.2, 0.25) is 0 Å². The third-order valence-corrected chi connectivity index (χ3v) is 5.05. The van der Waals surface area contributed by atoms with Crippen molar-refractivity contribution in [1.29, 1.82) is 0 Å². The highest BCUT2D eigenvalue weighted by molar-refractivity contribution is 6.06. The molecule has 3 rings (SSSR count). The zero-order valence-corrected chi connectivity index (χ0v) is 18.7. The predicted octanol–water partition coefficient (Wildman–Crippen LogP) is 4.86. The van der Waals surface area contributed by atoms with E-state index in [1.807, 2.05) is 25.3 Å². The molecule has 1 amide bonds. The third-order valence-electron chi connectivity index (χ3n) is 5.05. The highest BCUT2D eigenvalue weighted by Crippen LogP contribution is 2.28. The Balaban J connectivity index is 1.97. The number of amides is 1. The summed E-state index contributed by atoms with van der Waals surface area (Å²) >= 11 is 0. The second-order valence-electron chi connectivity index (χ2n) is 8.66. The van der Waals surface area contributed by atoms with Crippen molar-refractivity contribution >= 4 is 28.4 Å². The van der Waals surface area contributed by atoms with Gasteiger partial charge in [0.15, 0.2) is 0 Å². The SMILES string of the molecule is CCc1ccc(Nc2ccc3c(C(=O)N[C@H](C)COC)cn(C(C)(C)C)c3n2)cc1. The molecule has 0 bridgehead atoms. The Kier molecular flexibility index (Phi) is 6.46. The summed E-state index contributed by atoms with van der Waals surface area (Å²) in [6, 6.07) is 12.1. The van der Waals surface area contributed by atoms with E-state index < -0.39 is 0 Å². The molecule has 0 radical (unpaired) electrons. The van der Waals surface area contributed by atoms with Crippen LogP contribution < -0.4 is 10.6 Å². The lowest BCUT2D eigenvalue weighted by molar-refractivity contribution is 0.0907. The number of ether oxygens (including phenoxy) is 1. The van der Waals surface area contributed by atoms with Gasteiger partial charge in [0.1, 0.15) is 11.5 Å². The number of aryl methyl sites for hydroxylation is 1. The summed E-state index contributed by atoms with van der Waals surface area (Å²) in [6.45, 7) is 10.8. The van der Waals surface area contributed by atoms with Crippen molar-refractivity contribution in [1.82, 2.24) is 14.9 Å². The molecule has 0 saturated carbocycles. The molecule has 0 aliphatic rings. The maximum atomic E-state index is 12.9. The molecule has 0 fully saturated rings. The zero-order chi connectivity index (χ0) is 21.9. The lowest BCUT2D eigenvalue weighted by Gasteiger charge is -2.22. The van der Waals surface area contributed by atoms with Gasteiger partial charge in [-0.25, -0.2) is 4.98 Å². The molecule has 6 nitrogen and oxygen atoms in total. The summed E-state index contributed by atoms with van der Waals surface area (Å²) < 4.78 is 7.19. The Bertz CT molecular complexity index is 1020. The van der Waals surface area contributed by atoms with Crippen molar-refractivity contribution in [3.8, 4) is 0 Å². The number of nitrogens with one attached hydrogen (secondary N) is 2. The summed E-state index contributed by atoms with van der Waals surface area (Å²) in [4.78, 5) is 17.7. The second kappa shape index (κ2) is 8.88. The molecule has 160 valence electrons. The minimum atomic E-state index is -0.219. The van der Waals surface area contributed by atoms with E-state index in [9.17, 15) is 4.79 Å². The van der Waals surface area contributed by atoms with Gasteiger partial charge in [0.25, 0.3) is 5.91 Å². The van der Waals surface area contributed by atoms with E-state index in [4.69, 9.17) is 9.72 Å². The smallest absolute Gasteiger partial charge is 0.253 e. The van der Waals surface area contributed by atoms with Crippen LogP contribution in [0.3, 0.4) is 0 Å². The number of anilines is 2. The van der Waals surface area contributed by atoms with E-state index in [1.54, 1.807) is 7.11 Å². The molecular weight excluding hydrogens is 376 g/mol. The number of hydrogen-bond acceptors (Lipinski definition) is 4. The van der Waals surface area contributed by atoms with Gasteiger partial charge in [-0.2, -0.15) is 0 Å². The molecular formula is C24H32N4O2. The summed E-state index contributed by atoms with van der Waals surface area (Å²) in [7, 11) is 1.63. The van der Waals surface area contributed by atoms with E-state index in [0.29, 0.717) is 12.2 Å². The van der Waals surface area contributed by atoms with E-state index in [1.165, 1.54) is 5.56 Å². The first-order chi connectivity index (χ1) is 14.2. The van der Waals surface area contributed by atoms with Crippen molar-refractivity contribution in [2.45, 2.75) is 52.6 Å². The first-order valence-corrected chi connectivity index (χ1v) is 10.4. The van der Waals surface area contributed by atoms with Crippen LogP contribution in [0.5, 0.6) is 0 Å². The van der Waals surface area contributed by atoms with Crippen molar-refractivity contribution < 1.29 is 9.53 Å². The Hall–Kier alpha value is -2.86. The maximum Gasteiger partial charge on any atom is 0.253 e. The number of benzene rings is 1. The van der Waals surface area contributed by atoms with Crippen molar-refractivity contribution in [3.05, 3.63) is 53.7 Å². The zero-order valence-electron chi connectivity index (χ0n) is 18.7. The number of carbonyl (C=O) groups is 1. The van der Waals surface area contributed by atoms with Crippen LogP contribution in [0.1, 0.15) is 50.5 Å². The van der Waals surface area contributed by atoms with Crippen LogP contribution in [-0.2, 0) is 16.7 Å². The maximum absolute atomic E-state index is 12.9. The topological polar surface area (TPSA) is 68.2 Å². The molecule has 0 unspecified atom stereocenters. The third kappa shape index (κ3) is 4.82. The molecule has 2 aromatic heterocycles. The van der Waals surface area contributed by atoms with Gasteiger partial charge in [0, 0.05) is 36.0 Å². The van der Waals surface area contributed by atoms with Gasteiger partial charge >= 0.3 is 0 Å². The Morgan fingerprint density at radius 1 is 1.17 bits per heavy atom. The molecule has 1 atom stereocenters. The molecule has 0 spiro atoms. The van der Waals surface area contributed by atoms with Gasteiger partial charge in [-0.3, -0.25) is 4.79 Å². The van der Waals surface area contributed by atoms with Gasteiger partial charge < -0.3 is 19.9 Å². The van der Waals surface area contributed by atoms with Gasteiger partial charge in [-0.1, -0.05) is 19.1 Å². The second-order valence-corrected chi connectivity index (χ2v) is 8.66. The Labute approximate surface area is 178 Å². The largest absolute Gasteiger partial charge is 0.383 e. The Morgan fingerprint density at radius 2 is 1.87 bits per heavy atom. The van der Waals surface area contributed by atoms with E-state index in [2.05, 4.69) is 67.2 Å². The van der Waals surface area contributed by atoms with Crippen LogP contribution in [0, 0.1) is 0 Å². The molecule has 2 N–H and O–H groups in total. The first-order valence-electron chi connectivity index (χ1n) is 10.4. The number of pyridine rings is 1. The summed E-state index contributed by atoms with van der Waals surface area (Å²) in [6.07, 6.45) is 2.91. The molecule has 0 aliphatic heterocycles. The first kappa shape index (κ1) is 21.8. The normalized spacial score (nSPS) is 12.7. The fourth-order valence-electron chi connectivity index (χ4n) is 3.43. The average Bonchev–Trinajstić information content (AvgIpc) is 3.08. The predicted molar refractivity (Wildman–Crippen MR) is 123 cm³/mol. The van der Waals surface area contributed by atoms with Crippen LogP contribution in [0.15, 0.2) is 42.6 Å². The number of nitrogens with zero attached hydrogens (tertiary/aromatic N) is 2. The van der Waals surface area contributed by atoms with Gasteiger partial charge in [0.2, 0.25) is 0 Å². The summed E-state index contributed by atoms with van der Waals surface area (Å²) in [5.41, 5.74) is 3.46. The highest BCUT2D eigenvalue weighted by Gasteiger charge is 2.23.